The Kier molecular flexibility index (Phi) is 5.04. The molecule has 0 radical (unpaired) electrons. The van der Waals surface area contributed by atoms with Gasteiger partial charge in [-0.15, -0.1) is 0 Å². The second-order valence-electron chi connectivity index (χ2n) is 3.22. The van der Waals surface area contributed by atoms with E-state index in [1.807, 2.05) is 0 Å². The molecule has 1 fully saturated rings. The SMILES string of the molecule is C/C=C/CNC1CCCOCC1. The maximum Gasteiger partial charge on any atom is 0.0480 e. The van der Waals surface area contributed by atoms with Crippen LogP contribution < -0.4 is 5.32 Å². The zero-order valence-electron chi connectivity index (χ0n) is 7.88. The highest BCUT2D eigenvalue weighted by Crippen LogP contribution is 2.07. The minimum absolute atomic E-state index is 0.670. The van der Waals surface area contributed by atoms with Crippen molar-refractivity contribution in [3.63, 3.8) is 0 Å². The van der Waals surface area contributed by atoms with Crippen LogP contribution in [0.3, 0.4) is 0 Å². The van der Waals surface area contributed by atoms with Crippen LogP contribution in [-0.4, -0.2) is 25.8 Å². The van der Waals surface area contributed by atoms with Crippen LogP contribution in [-0.2, 0) is 4.74 Å². The van der Waals surface area contributed by atoms with Crippen molar-refractivity contribution in [2.45, 2.75) is 32.2 Å². The van der Waals surface area contributed by atoms with E-state index in [0.29, 0.717) is 6.04 Å². The minimum atomic E-state index is 0.670. The largest absolute Gasteiger partial charge is 0.381 e. The molecule has 0 saturated carbocycles. The van der Waals surface area contributed by atoms with Gasteiger partial charge in [0.05, 0.1) is 0 Å². The molecule has 1 N–H and O–H groups in total. The van der Waals surface area contributed by atoms with E-state index in [0.717, 1.165) is 26.2 Å². The van der Waals surface area contributed by atoms with Gasteiger partial charge in [0.1, 0.15) is 0 Å². The van der Waals surface area contributed by atoms with E-state index < -0.39 is 0 Å². The first-order valence-electron chi connectivity index (χ1n) is 4.86. The lowest BCUT2D eigenvalue weighted by atomic mass is 10.1. The molecule has 0 bridgehead atoms. The zero-order valence-corrected chi connectivity index (χ0v) is 7.88. The molecule has 0 aliphatic carbocycles. The Morgan fingerprint density at radius 3 is 3.17 bits per heavy atom. The van der Waals surface area contributed by atoms with Gasteiger partial charge in [0.25, 0.3) is 0 Å². The summed E-state index contributed by atoms with van der Waals surface area (Å²) >= 11 is 0. The van der Waals surface area contributed by atoms with E-state index in [4.69, 9.17) is 4.74 Å². The fraction of sp³-hybridized carbons (Fsp3) is 0.800. The smallest absolute Gasteiger partial charge is 0.0480 e. The Labute approximate surface area is 75.0 Å². The highest BCUT2D eigenvalue weighted by Gasteiger charge is 2.09. The molecule has 1 atom stereocenters. The first-order chi connectivity index (χ1) is 5.93. The molecular formula is C10H19NO. The molecule has 2 nitrogen and oxygen atoms in total. The molecule has 0 spiro atoms. The Hall–Kier alpha value is -0.340. The summed E-state index contributed by atoms with van der Waals surface area (Å²) in [5, 5.41) is 3.50. The number of ether oxygens (including phenoxy) is 1. The molecule has 0 aromatic rings. The molecule has 2 heteroatoms. The zero-order chi connectivity index (χ0) is 8.65. The van der Waals surface area contributed by atoms with Crippen molar-refractivity contribution in [2.75, 3.05) is 19.8 Å². The summed E-state index contributed by atoms with van der Waals surface area (Å²) in [6.45, 7) is 4.92. The van der Waals surface area contributed by atoms with Crippen LogP contribution in [0, 0.1) is 0 Å². The van der Waals surface area contributed by atoms with E-state index in [1.54, 1.807) is 0 Å². The van der Waals surface area contributed by atoms with Crippen LogP contribution in [0.15, 0.2) is 12.2 Å². The van der Waals surface area contributed by atoms with Crippen molar-refractivity contribution in [2.24, 2.45) is 0 Å². The van der Waals surface area contributed by atoms with Gasteiger partial charge in [0.2, 0.25) is 0 Å². The van der Waals surface area contributed by atoms with E-state index >= 15 is 0 Å². The summed E-state index contributed by atoms with van der Waals surface area (Å²) in [7, 11) is 0. The molecule has 0 aromatic carbocycles. The summed E-state index contributed by atoms with van der Waals surface area (Å²) in [5.74, 6) is 0. The lowest BCUT2D eigenvalue weighted by Crippen LogP contribution is -2.29. The molecule has 0 aromatic heterocycles. The van der Waals surface area contributed by atoms with Crippen LogP contribution >= 0.6 is 0 Å². The topological polar surface area (TPSA) is 21.3 Å². The fourth-order valence-electron chi connectivity index (χ4n) is 1.46. The molecular weight excluding hydrogens is 150 g/mol. The number of hydrogen-bond acceptors (Lipinski definition) is 2. The van der Waals surface area contributed by atoms with Gasteiger partial charge < -0.3 is 10.1 Å². The van der Waals surface area contributed by atoms with Crippen molar-refractivity contribution in [1.29, 1.82) is 0 Å². The van der Waals surface area contributed by atoms with Crippen molar-refractivity contribution in [1.82, 2.24) is 5.32 Å². The van der Waals surface area contributed by atoms with Gasteiger partial charge in [-0.3, -0.25) is 0 Å². The number of nitrogens with one attached hydrogen (secondary N) is 1. The third-order valence-corrected chi connectivity index (χ3v) is 2.21. The first-order valence-corrected chi connectivity index (χ1v) is 4.86. The molecule has 1 aliphatic heterocycles. The Morgan fingerprint density at radius 2 is 2.33 bits per heavy atom. The number of rotatable bonds is 3. The summed E-state index contributed by atoms with van der Waals surface area (Å²) in [5.41, 5.74) is 0. The third-order valence-electron chi connectivity index (χ3n) is 2.21. The average molecular weight is 169 g/mol. The van der Waals surface area contributed by atoms with Crippen molar-refractivity contribution < 1.29 is 4.74 Å². The summed E-state index contributed by atoms with van der Waals surface area (Å²) in [6.07, 6.45) is 7.87. The van der Waals surface area contributed by atoms with Gasteiger partial charge >= 0.3 is 0 Å². The Balaban J connectivity index is 2.11. The molecule has 1 rings (SSSR count). The molecule has 12 heavy (non-hydrogen) atoms. The predicted molar refractivity (Wildman–Crippen MR) is 51.3 cm³/mol. The molecule has 1 unspecified atom stereocenters. The first kappa shape index (κ1) is 9.75. The van der Waals surface area contributed by atoms with Gasteiger partial charge in [0, 0.05) is 25.8 Å². The fourth-order valence-corrected chi connectivity index (χ4v) is 1.46. The molecule has 1 saturated heterocycles. The van der Waals surface area contributed by atoms with E-state index in [2.05, 4.69) is 24.4 Å². The molecule has 70 valence electrons. The van der Waals surface area contributed by atoms with Crippen LogP contribution in [0.2, 0.25) is 0 Å². The van der Waals surface area contributed by atoms with Crippen LogP contribution in [0.5, 0.6) is 0 Å². The Morgan fingerprint density at radius 1 is 1.42 bits per heavy atom. The van der Waals surface area contributed by atoms with Crippen LogP contribution in [0.4, 0.5) is 0 Å². The maximum atomic E-state index is 5.37. The molecule has 0 amide bonds. The van der Waals surface area contributed by atoms with Crippen molar-refractivity contribution in [3.05, 3.63) is 12.2 Å². The number of hydrogen-bond donors (Lipinski definition) is 1. The van der Waals surface area contributed by atoms with Gasteiger partial charge in [-0.25, -0.2) is 0 Å². The van der Waals surface area contributed by atoms with Crippen LogP contribution in [0.25, 0.3) is 0 Å². The predicted octanol–water partition coefficient (Wildman–Crippen LogP) is 1.72. The van der Waals surface area contributed by atoms with E-state index in [1.165, 1.54) is 12.8 Å². The highest BCUT2D eigenvalue weighted by atomic mass is 16.5. The van der Waals surface area contributed by atoms with Gasteiger partial charge in [-0.1, -0.05) is 12.2 Å². The monoisotopic (exact) mass is 169 g/mol. The van der Waals surface area contributed by atoms with Gasteiger partial charge in [0.15, 0.2) is 0 Å². The summed E-state index contributed by atoms with van der Waals surface area (Å²) < 4.78 is 5.37. The lowest BCUT2D eigenvalue weighted by Gasteiger charge is -2.13. The second kappa shape index (κ2) is 6.21. The van der Waals surface area contributed by atoms with E-state index in [9.17, 15) is 0 Å². The quantitative estimate of drug-likeness (QED) is 0.649. The second-order valence-corrected chi connectivity index (χ2v) is 3.22. The maximum absolute atomic E-state index is 5.37. The standard InChI is InChI=1S/C10H19NO/c1-2-3-7-11-10-5-4-8-12-9-6-10/h2-3,10-11H,4-9H2,1H3/b3-2+. The summed E-state index contributed by atoms with van der Waals surface area (Å²) in [6, 6.07) is 0.670. The van der Waals surface area contributed by atoms with Crippen molar-refractivity contribution >= 4 is 0 Å². The number of allylic oxidation sites excluding steroid dienone is 1. The lowest BCUT2D eigenvalue weighted by molar-refractivity contribution is 0.143. The minimum Gasteiger partial charge on any atom is -0.381 e. The molecule has 1 aliphatic rings. The van der Waals surface area contributed by atoms with Crippen molar-refractivity contribution in [3.8, 4) is 0 Å². The Bertz CT molecular complexity index is 126. The van der Waals surface area contributed by atoms with Crippen LogP contribution in [0.1, 0.15) is 26.2 Å². The average Bonchev–Trinajstić information content (AvgIpc) is 2.33. The van der Waals surface area contributed by atoms with Gasteiger partial charge in [-0.05, 0) is 26.2 Å². The highest BCUT2D eigenvalue weighted by molar-refractivity contribution is 4.82. The van der Waals surface area contributed by atoms with Gasteiger partial charge in [-0.2, -0.15) is 0 Å². The normalized spacial score (nSPS) is 25.9. The third kappa shape index (κ3) is 3.88. The van der Waals surface area contributed by atoms with E-state index in [-0.39, 0.29) is 0 Å². The molecule has 1 heterocycles. The summed E-state index contributed by atoms with van der Waals surface area (Å²) in [4.78, 5) is 0.